The van der Waals surface area contributed by atoms with E-state index in [2.05, 4.69) is 0 Å². The Morgan fingerprint density at radius 1 is 0.429 bits per heavy atom. The minimum Gasteiger partial charge on any atom is -0.457 e. The number of hydrogen-bond donors (Lipinski definition) is 3. The fourth-order valence-corrected chi connectivity index (χ4v) is 15.1. The summed E-state index contributed by atoms with van der Waals surface area (Å²) in [5, 5.41) is -1.10. The number of fused-ring (bicyclic) bond motifs is 6. The molecule has 0 aliphatic carbocycles. The Balaban J connectivity index is 1.03. The second-order valence-corrected chi connectivity index (χ2v) is 21.8. The maximum atomic E-state index is 16.0. The number of nitrogens with two attached hydrogens (primary N) is 3. The summed E-state index contributed by atoms with van der Waals surface area (Å²) in [4.78, 5) is 0. The molecule has 10 heteroatoms. The topological polar surface area (TPSA) is 140 Å². The summed E-state index contributed by atoms with van der Waals surface area (Å²) in [5.41, 5.74) is 28.0. The molecule has 8 nitrogen and oxygen atoms in total. The molecule has 2 aliphatic rings. The van der Waals surface area contributed by atoms with Crippen LogP contribution in [-0.2, 0) is 19.4 Å². The van der Waals surface area contributed by atoms with E-state index in [0.717, 1.165) is 44.5 Å². The Labute approximate surface area is 367 Å². The zero-order valence-corrected chi connectivity index (χ0v) is 36.8. The molecule has 8 aromatic rings. The van der Waals surface area contributed by atoms with E-state index in [4.69, 9.17) is 31.0 Å². The van der Waals surface area contributed by atoms with Crippen molar-refractivity contribution in [1.82, 2.24) is 0 Å². The minimum atomic E-state index is -3.81. The van der Waals surface area contributed by atoms with Gasteiger partial charge in [0.15, 0.2) is 0 Å². The van der Waals surface area contributed by atoms with Crippen molar-refractivity contribution < 1.29 is 22.9 Å². The van der Waals surface area contributed by atoms with Gasteiger partial charge in [-0.2, -0.15) is 0 Å². The van der Waals surface area contributed by atoms with Gasteiger partial charge in [0, 0.05) is 16.8 Å². The van der Waals surface area contributed by atoms with Crippen LogP contribution in [0.1, 0.15) is 41.7 Å². The van der Waals surface area contributed by atoms with Gasteiger partial charge in [0.05, 0.1) is 22.0 Å². The lowest BCUT2D eigenvalue weighted by atomic mass is 9.90. The van der Waals surface area contributed by atoms with E-state index in [1.807, 2.05) is 191 Å². The first-order valence-corrected chi connectivity index (χ1v) is 24.0. The molecule has 0 spiro atoms. The van der Waals surface area contributed by atoms with E-state index in [0.29, 0.717) is 56.2 Å². The average molecular weight is 866 g/mol. The lowest BCUT2D eigenvalue weighted by Gasteiger charge is -2.41. The number of para-hydroxylation sites is 2. The second-order valence-electron chi connectivity index (χ2n) is 16.5. The van der Waals surface area contributed by atoms with Gasteiger partial charge in [0.1, 0.15) is 33.3 Å². The van der Waals surface area contributed by atoms with E-state index < -0.39 is 25.0 Å². The molecule has 4 unspecified atom stereocenters. The van der Waals surface area contributed by atoms with Gasteiger partial charge >= 0.3 is 0 Å². The van der Waals surface area contributed by atoms with Gasteiger partial charge in [-0.1, -0.05) is 115 Å². The van der Waals surface area contributed by atoms with Crippen molar-refractivity contribution >= 4 is 42.4 Å². The smallest absolute Gasteiger partial charge is 0.292 e. The SMILES string of the molecule is Cc1ccc(C(C)(c2ccc(Oc3ccc(C(C)(c4ccc(N)c(N)c4)P4(=O)Oc5ccccc5-c5ccccc54)cc3)cc2)P2(=O)Oc3ccccc3-c3ccccc32)cc1N. The van der Waals surface area contributed by atoms with Crippen molar-refractivity contribution in [3.8, 4) is 45.3 Å². The van der Waals surface area contributed by atoms with Crippen LogP contribution in [0, 0.1) is 6.92 Å². The van der Waals surface area contributed by atoms with Crippen LogP contribution in [0.3, 0.4) is 0 Å². The van der Waals surface area contributed by atoms with Crippen LogP contribution in [0.5, 0.6) is 23.0 Å². The van der Waals surface area contributed by atoms with Crippen molar-refractivity contribution in [2.24, 2.45) is 0 Å². The molecule has 63 heavy (non-hydrogen) atoms. The molecular formula is C53H45N3O5P2. The maximum absolute atomic E-state index is 16.0. The summed E-state index contributed by atoms with van der Waals surface area (Å²) in [6.07, 6.45) is 0. The van der Waals surface area contributed by atoms with E-state index in [9.17, 15) is 0 Å². The van der Waals surface area contributed by atoms with Gasteiger partial charge in [0.2, 0.25) is 0 Å². The minimum absolute atomic E-state index is 0.385. The highest BCUT2D eigenvalue weighted by atomic mass is 31.2. The van der Waals surface area contributed by atoms with Gasteiger partial charge in [-0.15, -0.1) is 0 Å². The van der Waals surface area contributed by atoms with E-state index in [-0.39, 0.29) is 0 Å². The molecule has 10 rings (SSSR count). The summed E-state index contributed by atoms with van der Waals surface area (Å²) in [6, 6.07) is 57.3. The molecule has 0 amide bonds. The molecular weight excluding hydrogens is 821 g/mol. The average Bonchev–Trinajstić information content (AvgIpc) is 3.31. The zero-order valence-electron chi connectivity index (χ0n) is 35.0. The van der Waals surface area contributed by atoms with Crippen LogP contribution < -0.4 is 41.6 Å². The van der Waals surface area contributed by atoms with Crippen LogP contribution >= 0.6 is 14.7 Å². The summed E-state index contributed by atoms with van der Waals surface area (Å²) in [5.74, 6) is 2.24. The van der Waals surface area contributed by atoms with Gasteiger partial charge in [0.25, 0.3) is 14.7 Å². The fraction of sp³-hybridized carbons (Fsp3) is 0.0943. The molecule has 4 atom stereocenters. The first kappa shape index (κ1) is 40.1. The summed E-state index contributed by atoms with van der Waals surface area (Å²) >= 11 is 0. The second kappa shape index (κ2) is 14.8. The van der Waals surface area contributed by atoms with Crippen LogP contribution in [0.4, 0.5) is 17.1 Å². The van der Waals surface area contributed by atoms with Gasteiger partial charge in [-0.3, -0.25) is 9.13 Å². The van der Waals surface area contributed by atoms with Gasteiger partial charge in [-0.05, 0) is 126 Å². The quantitative estimate of drug-likeness (QED) is 0.101. The van der Waals surface area contributed by atoms with Crippen molar-refractivity contribution in [1.29, 1.82) is 0 Å². The number of benzene rings is 8. The van der Waals surface area contributed by atoms with E-state index in [1.54, 1.807) is 12.1 Å². The Kier molecular flexibility index (Phi) is 9.45. The standard InChI is InChI=1S/C53H45N3O5P2/c1-34-20-21-37(32-46(34)55)52(2,62(57)50-18-10-6-14-43(50)41-12-4-8-16-48(41)60-62)35-22-27-39(28-23-35)59-40-29-24-36(25-30-40)53(3,38-26-31-45(54)47(56)33-38)63(58)51-19-11-7-15-44(51)42-13-5-9-17-49(42)61-63/h4-33H,54-56H2,1-3H3. The summed E-state index contributed by atoms with van der Waals surface area (Å²) < 4.78 is 51.9. The largest absolute Gasteiger partial charge is 0.457 e. The number of nitrogen functional groups attached to an aromatic ring is 3. The van der Waals surface area contributed by atoms with Crippen molar-refractivity contribution in [3.05, 3.63) is 210 Å². The molecule has 0 bridgehead atoms. The highest BCUT2D eigenvalue weighted by Gasteiger charge is 2.55. The number of anilines is 3. The molecule has 6 N–H and O–H groups in total. The van der Waals surface area contributed by atoms with Crippen molar-refractivity contribution in [2.75, 3.05) is 17.2 Å². The molecule has 0 radical (unpaired) electrons. The highest BCUT2D eigenvalue weighted by molar-refractivity contribution is 7.69. The van der Waals surface area contributed by atoms with Crippen LogP contribution in [-0.4, -0.2) is 0 Å². The first-order valence-electron chi connectivity index (χ1n) is 20.7. The third kappa shape index (κ3) is 6.12. The number of rotatable bonds is 8. The molecule has 2 aliphatic heterocycles. The summed E-state index contributed by atoms with van der Waals surface area (Å²) in [6.45, 7) is 5.87. The fourth-order valence-electron chi connectivity index (χ4n) is 9.16. The molecule has 0 aromatic heterocycles. The maximum Gasteiger partial charge on any atom is 0.292 e. The number of aryl methyl sites for hydroxylation is 1. The molecule has 0 saturated heterocycles. The van der Waals surface area contributed by atoms with Crippen molar-refractivity contribution in [3.63, 3.8) is 0 Å². The predicted octanol–water partition coefficient (Wildman–Crippen LogP) is 12.4. The lowest BCUT2D eigenvalue weighted by molar-refractivity contribution is 0.462. The van der Waals surface area contributed by atoms with Crippen LogP contribution in [0.15, 0.2) is 182 Å². The number of ether oxygens (including phenoxy) is 1. The molecule has 0 fully saturated rings. The molecule has 2 heterocycles. The predicted molar refractivity (Wildman–Crippen MR) is 256 cm³/mol. The molecule has 0 saturated carbocycles. The molecule has 312 valence electrons. The summed E-state index contributed by atoms with van der Waals surface area (Å²) in [7, 11) is -7.58. The van der Waals surface area contributed by atoms with E-state index in [1.165, 1.54) is 0 Å². The lowest BCUT2D eigenvalue weighted by Crippen LogP contribution is -2.34. The van der Waals surface area contributed by atoms with Crippen LogP contribution in [0.2, 0.25) is 0 Å². The third-order valence-corrected chi connectivity index (χ3v) is 19.3. The Hall–Kier alpha value is -6.98. The Bertz CT molecular complexity index is 2990. The zero-order chi connectivity index (χ0) is 43.7. The Morgan fingerprint density at radius 3 is 1.25 bits per heavy atom. The normalized spacial score (nSPS) is 19.0. The highest BCUT2D eigenvalue weighted by Crippen LogP contribution is 2.70. The van der Waals surface area contributed by atoms with Crippen molar-refractivity contribution in [2.45, 2.75) is 31.1 Å². The Morgan fingerprint density at radius 2 is 0.810 bits per heavy atom. The van der Waals surface area contributed by atoms with E-state index >= 15 is 9.13 Å². The first-order chi connectivity index (χ1) is 30.3. The monoisotopic (exact) mass is 865 g/mol. The van der Waals surface area contributed by atoms with Gasteiger partial charge < -0.3 is 31.0 Å². The number of hydrogen-bond acceptors (Lipinski definition) is 8. The third-order valence-electron chi connectivity index (χ3n) is 13.0. The van der Waals surface area contributed by atoms with Gasteiger partial charge in [-0.25, -0.2) is 0 Å². The van der Waals surface area contributed by atoms with Crippen LogP contribution in [0.25, 0.3) is 22.3 Å². The molecule has 8 aromatic carbocycles.